The second-order valence-electron chi connectivity index (χ2n) is 10.5. The minimum atomic E-state index is -0.142. The van der Waals surface area contributed by atoms with Crippen LogP contribution in [0.4, 0.5) is 5.69 Å². The fraction of sp³-hybridized carbons (Fsp3) is 0.400. The first-order chi connectivity index (χ1) is 18.3. The summed E-state index contributed by atoms with van der Waals surface area (Å²) in [5.74, 6) is 0.119. The van der Waals surface area contributed by atoms with E-state index >= 15 is 0 Å². The van der Waals surface area contributed by atoms with Crippen LogP contribution < -0.4 is 10.6 Å². The number of anilines is 1. The number of likely N-dealkylation sites (tertiary alicyclic amines) is 1. The Kier molecular flexibility index (Phi) is 7.31. The molecule has 38 heavy (non-hydrogen) atoms. The molecule has 1 saturated carbocycles. The van der Waals surface area contributed by atoms with Crippen molar-refractivity contribution in [2.75, 3.05) is 18.4 Å². The van der Waals surface area contributed by atoms with Gasteiger partial charge in [0, 0.05) is 61.9 Å². The zero-order valence-electron chi connectivity index (χ0n) is 22.2. The van der Waals surface area contributed by atoms with E-state index in [9.17, 15) is 14.4 Å². The maximum atomic E-state index is 13.2. The summed E-state index contributed by atoms with van der Waals surface area (Å²) in [5, 5.41) is 10.3. The predicted octanol–water partition coefficient (Wildman–Crippen LogP) is 4.27. The lowest BCUT2D eigenvalue weighted by molar-refractivity contribution is -0.122. The van der Waals surface area contributed by atoms with Crippen LogP contribution in [0.3, 0.4) is 0 Å². The second-order valence-corrected chi connectivity index (χ2v) is 10.5. The molecule has 8 heteroatoms. The molecule has 2 N–H and O–H groups in total. The van der Waals surface area contributed by atoms with Crippen LogP contribution >= 0.6 is 0 Å². The SMILES string of the molecule is CCC(=O)NC1CCC(C(=O)Nc2cc(C(=O)N3CC(c4ccc(-c5ccnn5C)cc4)C3)ccc2C)C1. The fourth-order valence-corrected chi connectivity index (χ4v) is 5.43. The Balaban J connectivity index is 1.17. The minimum absolute atomic E-state index is 0.0213. The molecule has 2 atom stereocenters. The van der Waals surface area contributed by atoms with Crippen LogP contribution in [0, 0.1) is 12.8 Å². The number of hydrogen-bond donors (Lipinski definition) is 2. The highest BCUT2D eigenvalue weighted by Gasteiger charge is 2.33. The molecule has 8 nitrogen and oxygen atoms in total. The molecule has 0 radical (unpaired) electrons. The van der Waals surface area contributed by atoms with Gasteiger partial charge in [0.25, 0.3) is 5.91 Å². The molecule has 3 aromatic rings. The van der Waals surface area contributed by atoms with Gasteiger partial charge in [0.1, 0.15) is 0 Å². The third-order valence-electron chi connectivity index (χ3n) is 7.90. The molecule has 0 spiro atoms. The van der Waals surface area contributed by atoms with Gasteiger partial charge in [-0.2, -0.15) is 5.10 Å². The molecular formula is C30H35N5O3. The van der Waals surface area contributed by atoms with E-state index in [1.165, 1.54) is 5.56 Å². The van der Waals surface area contributed by atoms with Gasteiger partial charge in [0.15, 0.2) is 0 Å². The molecular weight excluding hydrogens is 478 g/mol. The maximum absolute atomic E-state index is 13.2. The van der Waals surface area contributed by atoms with E-state index in [-0.39, 0.29) is 29.7 Å². The van der Waals surface area contributed by atoms with Crippen molar-refractivity contribution in [2.45, 2.75) is 51.5 Å². The largest absolute Gasteiger partial charge is 0.353 e. The van der Waals surface area contributed by atoms with E-state index in [1.54, 1.807) is 12.3 Å². The molecule has 1 saturated heterocycles. The monoisotopic (exact) mass is 513 g/mol. The average molecular weight is 514 g/mol. The molecule has 0 bridgehead atoms. The zero-order valence-corrected chi connectivity index (χ0v) is 22.2. The number of amides is 3. The number of aryl methyl sites for hydroxylation is 2. The first-order valence-electron chi connectivity index (χ1n) is 13.4. The number of nitrogens with one attached hydrogen (secondary N) is 2. The van der Waals surface area contributed by atoms with E-state index in [0.29, 0.717) is 43.1 Å². The molecule has 3 amide bonds. The summed E-state index contributed by atoms with van der Waals surface area (Å²) in [7, 11) is 1.93. The van der Waals surface area contributed by atoms with E-state index < -0.39 is 0 Å². The van der Waals surface area contributed by atoms with Crippen molar-refractivity contribution in [3.8, 4) is 11.3 Å². The first-order valence-corrected chi connectivity index (χ1v) is 13.4. The topological polar surface area (TPSA) is 96.3 Å². The quantitative estimate of drug-likeness (QED) is 0.493. The number of rotatable bonds is 7. The third kappa shape index (κ3) is 5.35. The van der Waals surface area contributed by atoms with Gasteiger partial charge in [-0.05, 0) is 61.1 Å². The normalized spacial score (nSPS) is 19.2. The van der Waals surface area contributed by atoms with Crippen LogP contribution in [0.2, 0.25) is 0 Å². The molecule has 198 valence electrons. The van der Waals surface area contributed by atoms with Crippen LogP contribution in [0.15, 0.2) is 54.7 Å². The number of hydrogen-bond acceptors (Lipinski definition) is 4. The summed E-state index contributed by atoms with van der Waals surface area (Å²) >= 11 is 0. The van der Waals surface area contributed by atoms with Gasteiger partial charge in [0.2, 0.25) is 11.8 Å². The number of aromatic nitrogens is 2. The standard InChI is InChI=1S/C30H35N5O3/c1-4-28(36)32-25-12-11-22(15-25)29(37)33-26-16-23(6-5-19(26)2)30(38)35-17-24(18-35)20-7-9-21(10-8-20)27-13-14-31-34(27)3/h5-10,13-14,16,22,24-25H,4,11-12,15,17-18H2,1-3H3,(H,32,36)(H,33,37). The number of carbonyl (C=O) groups excluding carboxylic acids is 3. The highest BCUT2D eigenvalue weighted by atomic mass is 16.2. The Bertz CT molecular complexity index is 1340. The van der Waals surface area contributed by atoms with Gasteiger partial charge < -0.3 is 15.5 Å². The van der Waals surface area contributed by atoms with Crippen molar-refractivity contribution in [2.24, 2.45) is 13.0 Å². The fourth-order valence-electron chi connectivity index (χ4n) is 5.43. The molecule has 2 unspecified atom stereocenters. The Hall–Kier alpha value is -3.94. The highest BCUT2D eigenvalue weighted by Crippen LogP contribution is 2.31. The summed E-state index contributed by atoms with van der Waals surface area (Å²) in [4.78, 5) is 39.7. The zero-order chi connectivity index (χ0) is 26.8. The third-order valence-corrected chi connectivity index (χ3v) is 7.90. The van der Waals surface area contributed by atoms with Gasteiger partial charge in [-0.25, -0.2) is 0 Å². The van der Waals surface area contributed by atoms with E-state index in [1.807, 2.05) is 48.7 Å². The lowest BCUT2D eigenvalue weighted by Gasteiger charge is -2.39. The average Bonchev–Trinajstić information content (AvgIpc) is 3.53. The van der Waals surface area contributed by atoms with Crippen molar-refractivity contribution >= 4 is 23.4 Å². The van der Waals surface area contributed by atoms with Gasteiger partial charge >= 0.3 is 0 Å². The minimum Gasteiger partial charge on any atom is -0.353 e. The summed E-state index contributed by atoms with van der Waals surface area (Å²) in [6, 6.07) is 16.0. The Labute approximate surface area is 223 Å². The highest BCUT2D eigenvalue weighted by molar-refractivity contribution is 5.98. The first kappa shape index (κ1) is 25.7. The summed E-state index contributed by atoms with van der Waals surface area (Å²) in [6.45, 7) is 5.10. The van der Waals surface area contributed by atoms with Gasteiger partial charge in [-0.3, -0.25) is 19.1 Å². The molecule has 2 aromatic carbocycles. The smallest absolute Gasteiger partial charge is 0.253 e. The van der Waals surface area contributed by atoms with Crippen molar-refractivity contribution in [1.82, 2.24) is 20.0 Å². The Morgan fingerprint density at radius 1 is 1.03 bits per heavy atom. The van der Waals surface area contributed by atoms with Crippen LogP contribution in [0.1, 0.15) is 60.0 Å². The Morgan fingerprint density at radius 3 is 2.47 bits per heavy atom. The van der Waals surface area contributed by atoms with Gasteiger partial charge in [0.05, 0.1) is 5.69 Å². The van der Waals surface area contributed by atoms with Crippen molar-refractivity contribution in [3.63, 3.8) is 0 Å². The molecule has 2 aliphatic rings. The molecule has 2 fully saturated rings. The predicted molar refractivity (Wildman–Crippen MR) is 147 cm³/mol. The van der Waals surface area contributed by atoms with Crippen LogP contribution in [0.25, 0.3) is 11.3 Å². The van der Waals surface area contributed by atoms with E-state index in [4.69, 9.17) is 0 Å². The van der Waals surface area contributed by atoms with Crippen molar-refractivity contribution in [1.29, 1.82) is 0 Å². The van der Waals surface area contributed by atoms with Gasteiger partial charge in [-0.15, -0.1) is 0 Å². The second kappa shape index (κ2) is 10.8. The number of benzene rings is 2. The summed E-state index contributed by atoms with van der Waals surface area (Å²) in [6.07, 6.45) is 4.44. The number of nitrogens with zero attached hydrogens (tertiary/aromatic N) is 3. The summed E-state index contributed by atoms with van der Waals surface area (Å²) < 4.78 is 1.86. The molecule has 1 aliphatic carbocycles. The number of carbonyl (C=O) groups is 3. The van der Waals surface area contributed by atoms with E-state index in [2.05, 4.69) is 40.0 Å². The molecule has 1 aliphatic heterocycles. The van der Waals surface area contributed by atoms with Gasteiger partial charge in [-0.1, -0.05) is 37.3 Å². The lowest BCUT2D eigenvalue weighted by Crippen LogP contribution is -2.48. The molecule has 1 aromatic heterocycles. The van der Waals surface area contributed by atoms with Crippen LogP contribution in [-0.4, -0.2) is 51.5 Å². The lowest BCUT2D eigenvalue weighted by atomic mass is 9.90. The van der Waals surface area contributed by atoms with Crippen molar-refractivity contribution < 1.29 is 14.4 Å². The van der Waals surface area contributed by atoms with Crippen LogP contribution in [-0.2, 0) is 16.6 Å². The van der Waals surface area contributed by atoms with Crippen LogP contribution in [0.5, 0.6) is 0 Å². The van der Waals surface area contributed by atoms with Crippen molar-refractivity contribution in [3.05, 3.63) is 71.4 Å². The molecule has 2 heterocycles. The van der Waals surface area contributed by atoms with E-state index in [0.717, 1.165) is 29.7 Å². The maximum Gasteiger partial charge on any atom is 0.253 e. The Morgan fingerprint density at radius 2 is 1.79 bits per heavy atom. The molecule has 5 rings (SSSR count). The summed E-state index contributed by atoms with van der Waals surface area (Å²) in [5.41, 5.74) is 5.58.